The van der Waals surface area contributed by atoms with Gasteiger partial charge in [0.25, 0.3) is 0 Å². The first-order valence-corrected chi connectivity index (χ1v) is 10.4. The Morgan fingerprint density at radius 2 is 1.81 bits per heavy atom. The predicted octanol–water partition coefficient (Wildman–Crippen LogP) is 4.41. The van der Waals surface area contributed by atoms with E-state index in [0.29, 0.717) is 34.5 Å². The summed E-state index contributed by atoms with van der Waals surface area (Å²) in [6.45, 7) is 4.17. The SMILES string of the molecule is CC[C@H](C)n1ncc2c(Nc3cn(-c4cc(OC)c(OC)c(OC)c4)cn3)nc(Cl)nc21. The highest BCUT2D eigenvalue weighted by Crippen LogP contribution is 2.39. The lowest BCUT2D eigenvalue weighted by Gasteiger charge is -2.14. The normalized spacial score (nSPS) is 12.1. The Morgan fingerprint density at radius 3 is 2.44 bits per heavy atom. The van der Waals surface area contributed by atoms with Crippen LogP contribution in [0.2, 0.25) is 5.28 Å². The molecule has 0 aliphatic carbocycles. The summed E-state index contributed by atoms with van der Waals surface area (Å²) in [4.78, 5) is 13.1. The Hall–Kier alpha value is -3.53. The van der Waals surface area contributed by atoms with Crippen LogP contribution in [0.15, 0.2) is 30.9 Å². The van der Waals surface area contributed by atoms with Gasteiger partial charge >= 0.3 is 0 Å². The average molecular weight is 458 g/mol. The lowest BCUT2D eigenvalue weighted by molar-refractivity contribution is 0.324. The number of rotatable bonds is 8. The second-order valence-corrected chi connectivity index (χ2v) is 7.44. The number of benzene rings is 1. The first-order valence-electron chi connectivity index (χ1n) is 10.0. The number of hydrogen-bond acceptors (Lipinski definition) is 8. The van der Waals surface area contributed by atoms with E-state index in [2.05, 4.69) is 39.2 Å². The molecule has 3 heterocycles. The van der Waals surface area contributed by atoms with Crippen LogP contribution < -0.4 is 19.5 Å². The standard InChI is InChI=1S/C21H24ClN7O3/c1-6-12(2)29-20-14(9-24-29)19(26-21(22)27-20)25-17-10-28(11-23-17)13-7-15(30-3)18(32-5)16(8-13)31-4/h7-12H,6H2,1-5H3,(H,25,26,27)/t12-/m0/s1. The first kappa shape index (κ1) is 21.7. The van der Waals surface area contributed by atoms with Crippen LogP contribution in [0.1, 0.15) is 26.3 Å². The van der Waals surface area contributed by atoms with Crippen LogP contribution in [0.25, 0.3) is 16.7 Å². The molecule has 0 saturated heterocycles. The number of anilines is 2. The lowest BCUT2D eigenvalue weighted by atomic mass is 10.2. The zero-order valence-electron chi connectivity index (χ0n) is 18.5. The van der Waals surface area contributed by atoms with Crippen molar-refractivity contribution in [1.82, 2.24) is 29.3 Å². The van der Waals surface area contributed by atoms with Crippen LogP contribution in [0.3, 0.4) is 0 Å². The largest absolute Gasteiger partial charge is 0.493 e. The summed E-state index contributed by atoms with van der Waals surface area (Å²) >= 11 is 6.19. The van der Waals surface area contributed by atoms with Gasteiger partial charge in [-0.25, -0.2) is 9.67 Å². The molecule has 10 nitrogen and oxygen atoms in total. The van der Waals surface area contributed by atoms with Gasteiger partial charge < -0.3 is 24.1 Å². The maximum Gasteiger partial charge on any atom is 0.226 e. The van der Waals surface area contributed by atoms with Crippen LogP contribution in [-0.2, 0) is 0 Å². The van der Waals surface area contributed by atoms with Gasteiger partial charge in [-0.05, 0) is 24.9 Å². The summed E-state index contributed by atoms with van der Waals surface area (Å²) in [6.07, 6.45) is 6.14. The van der Waals surface area contributed by atoms with Crippen molar-refractivity contribution in [2.75, 3.05) is 26.6 Å². The third-order valence-corrected chi connectivity index (χ3v) is 5.38. The fourth-order valence-corrected chi connectivity index (χ4v) is 3.52. The van der Waals surface area contributed by atoms with Crippen molar-refractivity contribution in [3.05, 3.63) is 36.1 Å². The van der Waals surface area contributed by atoms with Crippen LogP contribution >= 0.6 is 11.6 Å². The van der Waals surface area contributed by atoms with Crippen molar-refractivity contribution in [3.63, 3.8) is 0 Å². The topological polar surface area (TPSA) is 101 Å². The zero-order chi connectivity index (χ0) is 22.8. The number of ether oxygens (including phenoxy) is 3. The molecule has 1 aromatic carbocycles. The maximum atomic E-state index is 6.19. The molecule has 32 heavy (non-hydrogen) atoms. The fourth-order valence-electron chi connectivity index (χ4n) is 3.36. The van der Waals surface area contributed by atoms with E-state index in [4.69, 9.17) is 25.8 Å². The number of fused-ring (bicyclic) bond motifs is 1. The molecule has 0 radical (unpaired) electrons. The number of halogens is 1. The maximum absolute atomic E-state index is 6.19. The van der Waals surface area contributed by atoms with Crippen molar-refractivity contribution in [2.45, 2.75) is 26.3 Å². The van der Waals surface area contributed by atoms with E-state index in [-0.39, 0.29) is 11.3 Å². The summed E-state index contributed by atoms with van der Waals surface area (Å²) < 4.78 is 19.9. The average Bonchev–Trinajstić information content (AvgIpc) is 3.44. The second-order valence-electron chi connectivity index (χ2n) is 7.10. The molecule has 3 aromatic heterocycles. The lowest BCUT2D eigenvalue weighted by Crippen LogP contribution is -2.07. The molecule has 0 spiro atoms. The molecule has 0 saturated carbocycles. The zero-order valence-corrected chi connectivity index (χ0v) is 19.2. The van der Waals surface area contributed by atoms with Crippen LogP contribution in [0.5, 0.6) is 17.2 Å². The van der Waals surface area contributed by atoms with E-state index in [1.807, 2.05) is 27.6 Å². The highest BCUT2D eigenvalue weighted by molar-refractivity contribution is 6.28. The second kappa shape index (κ2) is 8.91. The molecular weight excluding hydrogens is 434 g/mol. The molecule has 0 fully saturated rings. The predicted molar refractivity (Wildman–Crippen MR) is 122 cm³/mol. The smallest absolute Gasteiger partial charge is 0.226 e. The van der Waals surface area contributed by atoms with E-state index in [1.54, 1.807) is 33.9 Å². The number of nitrogens with one attached hydrogen (secondary N) is 1. The van der Waals surface area contributed by atoms with Crippen molar-refractivity contribution in [2.24, 2.45) is 0 Å². The van der Waals surface area contributed by atoms with Gasteiger partial charge in [-0.15, -0.1) is 0 Å². The molecule has 11 heteroatoms. The van der Waals surface area contributed by atoms with Crippen molar-refractivity contribution in [1.29, 1.82) is 0 Å². The summed E-state index contributed by atoms with van der Waals surface area (Å²) in [6, 6.07) is 3.86. The van der Waals surface area contributed by atoms with E-state index < -0.39 is 0 Å². The number of hydrogen-bond donors (Lipinski definition) is 1. The van der Waals surface area contributed by atoms with Crippen LogP contribution in [-0.4, -0.2) is 50.6 Å². The van der Waals surface area contributed by atoms with Crippen molar-refractivity contribution >= 4 is 34.3 Å². The quantitative estimate of drug-likeness (QED) is 0.388. The molecule has 0 aliphatic heterocycles. The number of imidazole rings is 1. The number of nitrogens with zero attached hydrogens (tertiary/aromatic N) is 6. The molecule has 168 valence electrons. The van der Waals surface area contributed by atoms with Gasteiger partial charge in [0.05, 0.1) is 50.8 Å². The first-order chi connectivity index (χ1) is 15.5. The number of methoxy groups -OCH3 is 3. The van der Waals surface area contributed by atoms with E-state index in [0.717, 1.165) is 17.5 Å². The minimum atomic E-state index is 0.133. The molecule has 0 bridgehead atoms. The fraction of sp³-hybridized carbons (Fsp3) is 0.333. The summed E-state index contributed by atoms with van der Waals surface area (Å²) in [5.41, 5.74) is 1.46. The highest BCUT2D eigenvalue weighted by Gasteiger charge is 2.17. The van der Waals surface area contributed by atoms with Gasteiger partial charge in [0.1, 0.15) is 18.0 Å². The van der Waals surface area contributed by atoms with Crippen LogP contribution in [0.4, 0.5) is 11.6 Å². The van der Waals surface area contributed by atoms with Gasteiger partial charge in [0, 0.05) is 12.1 Å². The Balaban J connectivity index is 1.69. The monoisotopic (exact) mass is 457 g/mol. The molecule has 1 atom stereocenters. The summed E-state index contributed by atoms with van der Waals surface area (Å²) in [5.74, 6) is 2.72. The number of aromatic nitrogens is 6. The van der Waals surface area contributed by atoms with Crippen molar-refractivity contribution in [3.8, 4) is 22.9 Å². The Kier molecular flexibility index (Phi) is 6.04. The van der Waals surface area contributed by atoms with Gasteiger partial charge in [0.2, 0.25) is 11.0 Å². The minimum absolute atomic E-state index is 0.133. The van der Waals surface area contributed by atoms with Crippen molar-refractivity contribution < 1.29 is 14.2 Å². The minimum Gasteiger partial charge on any atom is -0.493 e. The molecule has 4 aromatic rings. The molecule has 0 aliphatic rings. The van der Waals surface area contributed by atoms with E-state index in [1.165, 1.54) is 0 Å². The van der Waals surface area contributed by atoms with Gasteiger partial charge in [-0.3, -0.25) is 0 Å². The summed E-state index contributed by atoms with van der Waals surface area (Å²) in [5, 5.41) is 8.58. The van der Waals surface area contributed by atoms with Gasteiger partial charge in [-0.2, -0.15) is 15.1 Å². The third-order valence-electron chi connectivity index (χ3n) is 5.21. The van der Waals surface area contributed by atoms with Crippen LogP contribution in [0, 0.1) is 0 Å². The molecule has 4 rings (SSSR count). The summed E-state index contributed by atoms with van der Waals surface area (Å²) in [7, 11) is 4.72. The third kappa shape index (κ3) is 3.89. The Morgan fingerprint density at radius 1 is 1.09 bits per heavy atom. The van der Waals surface area contributed by atoms with E-state index >= 15 is 0 Å². The Bertz CT molecular complexity index is 1230. The van der Waals surface area contributed by atoms with Gasteiger partial charge in [-0.1, -0.05) is 6.92 Å². The Labute approximate surface area is 190 Å². The molecular formula is C21H24ClN7O3. The molecule has 0 unspecified atom stereocenters. The molecule has 0 amide bonds. The van der Waals surface area contributed by atoms with Gasteiger partial charge in [0.15, 0.2) is 17.1 Å². The molecule has 1 N–H and O–H groups in total. The highest BCUT2D eigenvalue weighted by atomic mass is 35.5. The van der Waals surface area contributed by atoms with E-state index in [9.17, 15) is 0 Å².